The first-order valence-corrected chi connectivity index (χ1v) is 7.95. The van der Waals surface area contributed by atoms with E-state index in [1.165, 1.54) is 0 Å². The number of nitrogens with zero attached hydrogens (tertiary/aromatic N) is 1. The number of nitrogens with one attached hydrogen (secondary N) is 1. The molecule has 1 saturated heterocycles. The molecule has 1 rings (SSSR count). The zero-order chi connectivity index (χ0) is 15.4. The maximum atomic E-state index is 12.2. The first kappa shape index (κ1) is 17.3. The predicted octanol–water partition coefficient (Wildman–Crippen LogP) is 3.55. The predicted molar refractivity (Wildman–Crippen MR) is 83.0 cm³/mol. The van der Waals surface area contributed by atoms with Crippen molar-refractivity contribution < 1.29 is 9.53 Å². The van der Waals surface area contributed by atoms with Gasteiger partial charge in [0.2, 0.25) is 0 Å². The molecule has 0 bridgehead atoms. The average Bonchev–Trinajstić information content (AvgIpc) is 2.82. The fraction of sp³-hybridized carbons (Fsp3) is 0.938. The molecule has 4 nitrogen and oxygen atoms in total. The molecule has 0 saturated carbocycles. The Kier molecular flexibility index (Phi) is 5.87. The lowest BCUT2D eigenvalue weighted by molar-refractivity contribution is 0.0220. The number of hydrogen-bond acceptors (Lipinski definition) is 3. The number of ether oxygens (including phenoxy) is 1. The molecule has 20 heavy (non-hydrogen) atoms. The van der Waals surface area contributed by atoms with Crippen molar-refractivity contribution in [2.45, 2.75) is 84.4 Å². The normalized spacial score (nSPS) is 20.3. The van der Waals surface area contributed by atoms with Gasteiger partial charge in [-0.2, -0.15) is 0 Å². The topological polar surface area (TPSA) is 41.6 Å². The third kappa shape index (κ3) is 4.97. The van der Waals surface area contributed by atoms with Crippen molar-refractivity contribution in [3.63, 3.8) is 0 Å². The van der Waals surface area contributed by atoms with E-state index < -0.39 is 5.60 Å². The van der Waals surface area contributed by atoms with Crippen LogP contribution >= 0.6 is 0 Å². The third-order valence-corrected chi connectivity index (χ3v) is 4.33. The average molecular weight is 284 g/mol. The van der Waals surface area contributed by atoms with Crippen LogP contribution in [0, 0.1) is 0 Å². The molecule has 1 fully saturated rings. The molecule has 1 amide bonds. The van der Waals surface area contributed by atoms with E-state index >= 15 is 0 Å². The molecule has 0 spiro atoms. The Balaban J connectivity index is 2.55. The van der Waals surface area contributed by atoms with Crippen molar-refractivity contribution in [3.8, 4) is 0 Å². The SMILES string of the molecule is CCC(C)(CC)NCC1CCCN1C(=O)OC(C)(C)C. The molecular formula is C16H32N2O2. The molecular weight excluding hydrogens is 252 g/mol. The second-order valence-corrected chi connectivity index (χ2v) is 7.12. The van der Waals surface area contributed by atoms with Gasteiger partial charge in [0.1, 0.15) is 5.60 Å². The number of amides is 1. The maximum Gasteiger partial charge on any atom is 0.410 e. The number of carbonyl (C=O) groups excluding carboxylic acids is 1. The van der Waals surface area contributed by atoms with Crippen LogP contribution in [0.3, 0.4) is 0 Å². The molecule has 0 aromatic carbocycles. The summed E-state index contributed by atoms with van der Waals surface area (Å²) in [6.07, 6.45) is 4.17. The standard InChI is InChI=1S/C16H32N2O2/c1-7-16(6,8-2)17-12-13-10-9-11-18(13)14(19)20-15(3,4)5/h13,17H,7-12H2,1-6H3. The minimum atomic E-state index is -0.418. The summed E-state index contributed by atoms with van der Waals surface area (Å²) in [5.74, 6) is 0. The monoisotopic (exact) mass is 284 g/mol. The van der Waals surface area contributed by atoms with Crippen molar-refractivity contribution in [3.05, 3.63) is 0 Å². The van der Waals surface area contributed by atoms with Crippen molar-refractivity contribution >= 4 is 6.09 Å². The fourth-order valence-corrected chi connectivity index (χ4v) is 2.47. The highest BCUT2D eigenvalue weighted by Crippen LogP contribution is 2.22. The van der Waals surface area contributed by atoms with Gasteiger partial charge in [0, 0.05) is 24.7 Å². The number of hydrogen-bond donors (Lipinski definition) is 1. The van der Waals surface area contributed by atoms with E-state index in [2.05, 4.69) is 26.1 Å². The summed E-state index contributed by atoms with van der Waals surface area (Å²) in [4.78, 5) is 14.1. The molecule has 0 aliphatic carbocycles. The second-order valence-electron chi connectivity index (χ2n) is 7.12. The van der Waals surface area contributed by atoms with Gasteiger partial charge in [0.15, 0.2) is 0 Å². The van der Waals surface area contributed by atoms with Gasteiger partial charge in [0.25, 0.3) is 0 Å². The summed E-state index contributed by atoms with van der Waals surface area (Å²) in [5.41, 5.74) is -0.249. The Bertz CT molecular complexity index is 319. The van der Waals surface area contributed by atoms with Crippen molar-refractivity contribution in [1.82, 2.24) is 10.2 Å². The molecule has 1 aliphatic heterocycles. The number of likely N-dealkylation sites (tertiary alicyclic amines) is 1. The highest BCUT2D eigenvalue weighted by Gasteiger charge is 2.33. The van der Waals surface area contributed by atoms with Crippen molar-refractivity contribution in [2.75, 3.05) is 13.1 Å². The van der Waals surface area contributed by atoms with Crippen LogP contribution in [-0.4, -0.2) is 41.3 Å². The highest BCUT2D eigenvalue weighted by atomic mass is 16.6. The summed E-state index contributed by atoms with van der Waals surface area (Å²) in [7, 11) is 0. The van der Waals surface area contributed by atoms with Crippen LogP contribution < -0.4 is 5.32 Å². The van der Waals surface area contributed by atoms with E-state index in [9.17, 15) is 4.79 Å². The zero-order valence-electron chi connectivity index (χ0n) is 14.1. The Morgan fingerprint density at radius 1 is 1.25 bits per heavy atom. The van der Waals surface area contributed by atoms with E-state index in [1.807, 2.05) is 25.7 Å². The molecule has 0 aromatic rings. The van der Waals surface area contributed by atoms with Crippen molar-refractivity contribution in [2.24, 2.45) is 0 Å². The van der Waals surface area contributed by atoms with Gasteiger partial charge in [-0.25, -0.2) is 4.79 Å². The number of rotatable bonds is 5. The van der Waals surface area contributed by atoms with Crippen LogP contribution in [0.2, 0.25) is 0 Å². The third-order valence-electron chi connectivity index (χ3n) is 4.33. The van der Waals surface area contributed by atoms with Crippen molar-refractivity contribution in [1.29, 1.82) is 0 Å². The summed E-state index contributed by atoms with van der Waals surface area (Å²) in [6.45, 7) is 14.1. The summed E-state index contributed by atoms with van der Waals surface area (Å²) < 4.78 is 5.50. The molecule has 4 heteroatoms. The minimum Gasteiger partial charge on any atom is -0.444 e. The molecule has 0 aromatic heterocycles. The van der Waals surface area contributed by atoms with Crippen LogP contribution in [0.1, 0.15) is 67.2 Å². The van der Waals surface area contributed by atoms with Crippen LogP contribution in [0.5, 0.6) is 0 Å². The molecule has 0 radical (unpaired) electrons. The molecule has 1 unspecified atom stereocenters. The quantitative estimate of drug-likeness (QED) is 0.839. The lowest BCUT2D eigenvalue weighted by Crippen LogP contribution is -2.49. The van der Waals surface area contributed by atoms with Gasteiger partial charge in [-0.3, -0.25) is 0 Å². The summed E-state index contributed by atoms with van der Waals surface area (Å²) in [5, 5.41) is 3.64. The maximum absolute atomic E-state index is 12.2. The Hall–Kier alpha value is -0.770. The van der Waals surface area contributed by atoms with Gasteiger partial charge in [-0.15, -0.1) is 0 Å². The zero-order valence-corrected chi connectivity index (χ0v) is 14.1. The summed E-state index contributed by atoms with van der Waals surface area (Å²) in [6, 6.07) is 0.266. The minimum absolute atomic E-state index is 0.169. The fourth-order valence-electron chi connectivity index (χ4n) is 2.47. The van der Waals surface area contributed by atoms with E-state index in [0.717, 1.165) is 38.8 Å². The molecule has 1 atom stereocenters. The Morgan fingerprint density at radius 2 is 1.85 bits per heavy atom. The van der Waals surface area contributed by atoms with Crippen LogP contribution in [0.25, 0.3) is 0 Å². The number of carbonyl (C=O) groups is 1. The molecule has 1 heterocycles. The molecule has 1 aliphatic rings. The van der Waals surface area contributed by atoms with Crippen LogP contribution in [0.15, 0.2) is 0 Å². The van der Waals surface area contributed by atoms with Crippen LogP contribution in [0.4, 0.5) is 4.79 Å². The van der Waals surface area contributed by atoms with E-state index in [1.54, 1.807) is 0 Å². The Morgan fingerprint density at radius 3 is 2.35 bits per heavy atom. The lowest BCUT2D eigenvalue weighted by Gasteiger charge is -2.33. The van der Waals surface area contributed by atoms with Gasteiger partial charge < -0.3 is 15.0 Å². The smallest absolute Gasteiger partial charge is 0.410 e. The largest absolute Gasteiger partial charge is 0.444 e. The second kappa shape index (κ2) is 6.79. The first-order chi connectivity index (χ1) is 9.21. The summed E-state index contributed by atoms with van der Waals surface area (Å²) >= 11 is 0. The Labute approximate surface area is 124 Å². The van der Waals surface area contributed by atoms with E-state index in [0.29, 0.717) is 0 Å². The van der Waals surface area contributed by atoms with Gasteiger partial charge in [0.05, 0.1) is 0 Å². The lowest BCUT2D eigenvalue weighted by atomic mass is 9.95. The molecule has 118 valence electrons. The van der Waals surface area contributed by atoms with Gasteiger partial charge in [-0.1, -0.05) is 13.8 Å². The van der Waals surface area contributed by atoms with Gasteiger partial charge >= 0.3 is 6.09 Å². The van der Waals surface area contributed by atoms with E-state index in [-0.39, 0.29) is 17.7 Å². The highest BCUT2D eigenvalue weighted by molar-refractivity contribution is 5.69. The molecule has 1 N–H and O–H groups in total. The van der Waals surface area contributed by atoms with E-state index in [4.69, 9.17) is 4.74 Å². The van der Waals surface area contributed by atoms with Crippen LogP contribution in [-0.2, 0) is 4.74 Å². The first-order valence-electron chi connectivity index (χ1n) is 7.95. The van der Waals surface area contributed by atoms with Gasteiger partial charge in [-0.05, 0) is 53.4 Å².